The molecule has 1 rings (SSSR count). The van der Waals surface area contributed by atoms with E-state index in [-0.39, 0.29) is 18.0 Å². The predicted octanol–water partition coefficient (Wildman–Crippen LogP) is 3.25. The summed E-state index contributed by atoms with van der Waals surface area (Å²) in [4.78, 5) is 14.3. The van der Waals surface area contributed by atoms with Crippen molar-refractivity contribution in [2.75, 3.05) is 23.3 Å². The minimum absolute atomic E-state index is 0.0390. The Labute approximate surface area is 128 Å². The van der Waals surface area contributed by atoms with E-state index in [0.717, 1.165) is 25.2 Å². The Balaban J connectivity index is 2.60. The van der Waals surface area contributed by atoms with E-state index in [0.29, 0.717) is 0 Å². The molecule has 2 atom stereocenters. The molecule has 0 saturated carbocycles. The molecule has 118 valence electrons. The molecule has 0 radical (unpaired) electrons. The molecule has 4 heteroatoms. The van der Waals surface area contributed by atoms with Gasteiger partial charge in [0.25, 0.3) is 0 Å². The molecular formula is C17H29N3O. The number of carbonyl (C=O) groups is 1. The number of rotatable bonds is 8. The number of nitrogens with zero attached hydrogens (tertiary/aromatic N) is 1. The number of carbonyl (C=O) groups excluding carboxylic acids is 1. The van der Waals surface area contributed by atoms with Crippen LogP contribution in [0.3, 0.4) is 0 Å². The van der Waals surface area contributed by atoms with E-state index < -0.39 is 0 Å². The van der Waals surface area contributed by atoms with Gasteiger partial charge in [0.2, 0.25) is 5.91 Å². The van der Waals surface area contributed by atoms with Crippen LogP contribution in [0.15, 0.2) is 24.3 Å². The third kappa shape index (κ3) is 5.29. The fourth-order valence-corrected chi connectivity index (χ4v) is 2.14. The Morgan fingerprint density at radius 3 is 2.14 bits per heavy atom. The first-order valence-corrected chi connectivity index (χ1v) is 7.93. The summed E-state index contributed by atoms with van der Waals surface area (Å²) in [6, 6.07) is 8.22. The van der Waals surface area contributed by atoms with Crippen LogP contribution in [0, 0.1) is 0 Å². The number of hydrogen-bond donors (Lipinski definition) is 2. The highest BCUT2D eigenvalue weighted by atomic mass is 16.2. The molecule has 0 fully saturated rings. The molecule has 1 aromatic carbocycles. The molecule has 2 unspecified atom stereocenters. The van der Waals surface area contributed by atoms with Crippen molar-refractivity contribution in [3.63, 3.8) is 0 Å². The summed E-state index contributed by atoms with van der Waals surface area (Å²) in [6.07, 6.45) is 0.941. The van der Waals surface area contributed by atoms with Crippen LogP contribution < -0.4 is 15.5 Å². The maximum Gasteiger partial charge on any atom is 0.242 e. The maximum absolute atomic E-state index is 12.0. The van der Waals surface area contributed by atoms with E-state index in [9.17, 15) is 4.79 Å². The lowest BCUT2D eigenvalue weighted by atomic mass is 10.2. The van der Waals surface area contributed by atoms with Crippen LogP contribution in [0.5, 0.6) is 0 Å². The van der Waals surface area contributed by atoms with Gasteiger partial charge < -0.3 is 15.5 Å². The fraction of sp³-hybridized carbons (Fsp3) is 0.588. The summed E-state index contributed by atoms with van der Waals surface area (Å²) in [5.74, 6) is 0.0390. The average molecular weight is 291 g/mol. The molecule has 0 aliphatic carbocycles. The van der Waals surface area contributed by atoms with Gasteiger partial charge >= 0.3 is 0 Å². The molecule has 1 aromatic rings. The lowest BCUT2D eigenvalue weighted by molar-refractivity contribution is -0.122. The van der Waals surface area contributed by atoms with Crippen LogP contribution in [-0.2, 0) is 4.79 Å². The van der Waals surface area contributed by atoms with Crippen molar-refractivity contribution in [2.45, 2.75) is 53.1 Å². The minimum Gasteiger partial charge on any atom is -0.374 e. The molecule has 0 bridgehead atoms. The van der Waals surface area contributed by atoms with Gasteiger partial charge in [-0.15, -0.1) is 0 Å². The molecule has 1 amide bonds. The second-order valence-electron chi connectivity index (χ2n) is 5.40. The molecule has 0 aliphatic heterocycles. The summed E-state index contributed by atoms with van der Waals surface area (Å²) in [5.41, 5.74) is 2.18. The van der Waals surface area contributed by atoms with Crippen molar-refractivity contribution < 1.29 is 4.79 Å². The van der Waals surface area contributed by atoms with E-state index in [4.69, 9.17) is 0 Å². The van der Waals surface area contributed by atoms with Crippen molar-refractivity contribution >= 4 is 17.3 Å². The van der Waals surface area contributed by atoms with Crippen LogP contribution >= 0.6 is 0 Å². The quantitative estimate of drug-likeness (QED) is 0.773. The van der Waals surface area contributed by atoms with Gasteiger partial charge in [0.05, 0.1) is 0 Å². The van der Waals surface area contributed by atoms with Crippen molar-refractivity contribution in [2.24, 2.45) is 0 Å². The van der Waals surface area contributed by atoms with Crippen LogP contribution in [-0.4, -0.2) is 31.1 Å². The van der Waals surface area contributed by atoms with Gasteiger partial charge in [-0.25, -0.2) is 0 Å². The Morgan fingerprint density at radius 2 is 1.67 bits per heavy atom. The first-order valence-electron chi connectivity index (χ1n) is 7.93. The number of benzene rings is 1. The molecule has 0 spiro atoms. The highest BCUT2D eigenvalue weighted by Gasteiger charge is 2.14. The maximum atomic E-state index is 12.0. The van der Waals surface area contributed by atoms with Crippen LogP contribution in [0.1, 0.15) is 41.0 Å². The molecule has 0 aliphatic rings. The summed E-state index contributed by atoms with van der Waals surface area (Å²) < 4.78 is 0. The molecule has 0 heterocycles. The monoisotopic (exact) mass is 291 g/mol. The third-order valence-corrected chi connectivity index (χ3v) is 3.77. The molecule has 2 N–H and O–H groups in total. The number of anilines is 2. The summed E-state index contributed by atoms with van der Waals surface area (Å²) >= 11 is 0. The van der Waals surface area contributed by atoms with Gasteiger partial charge in [-0.2, -0.15) is 0 Å². The van der Waals surface area contributed by atoms with Gasteiger partial charge in [0, 0.05) is 30.5 Å². The first kappa shape index (κ1) is 17.3. The minimum atomic E-state index is -0.238. The zero-order valence-corrected chi connectivity index (χ0v) is 13.9. The number of nitrogens with one attached hydrogen (secondary N) is 2. The number of amides is 1. The van der Waals surface area contributed by atoms with E-state index in [1.165, 1.54) is 5.69 Å². The highest BCUT2D eigenvalue weighted by Crippen LogP contribution is 2.18. The summed E-state index contributed by atoms with van der Waals surface area (Å²) in [7, 11) is 0. The van der Waals surface area contributed by atoms with E-state index in [2.05, 4.69) is 48.4 Å². The van der Waals surface area contributed by atoms with Crippen LogP contribution in [0.2, 0.25) is 0 Å². The lowest BCUT2D eigenvalue weighted by Gasteiger charge is -2.22. The Morgan fingerprint density at radius 1 is 1.10 bits per heavy atom. The molecule has 21 heavy (non-hydrogen) atoms. The molecule has 0 saturated heterocycles. The van der Waals surface area contributed by atoms with E-state index in [1.807, 2.05) is 26.0 Å². The molecular weight excluding hydrogens is 262 g/mol. The van der Waals surface area contributed by atoms with Crippen LogP contribution in [0.4, 0.5) is 11.4 Å². The van der Waals surface area contributed by atoms with Crippen molar-refractivity contribution in [1.82, 2.24) is 5.32 Å². The normalized spacial score (nSPS) is 13.4. The first-order chi connectivity index (χ1) is 10.0. The number of hydrogen-bond acceptors (Lipinski definition) is 3. The van der Waals surface area contributed by atoms with Gasteiger partial charge in [-0.1, -0.05) is 6.92 Å². The molecule has 0 aromatic heterocycles. The van der Waals surface area contributed by atoms with Crippen molar-refractivity contribution in [3.8, 4) is 0 Å². The Hall–Kier alpha value is -1.71. The SMILES string of the molecule is CCC(C)NC(=O)C(C)Nc1ccc(N(CC)CC)cc1. The Bertz CT molecular complexity index is 426. The third-order valence-electron chi connectivity index (χ3n) is 3.77. The van der Waals surface area contributed by atoms with Crippen molar-refractivity contribution in [3.05, 3.63) is 24.3 Å². The van der Waals surface area contributed by atoms with Crippen molar-refractivity contribution in [1.29, 1.82) is 0 Å². The fourth-order valence-electron chi connectivity index (χ4n) is 2.14. The largest absolute Gasteiger partial charge is 0.374 e. The zero-order chi connectivity index (χ0) is 15.8. The van der Waals surface area contributed by atoms with E-state index >= 15 is 0 Å². The van der Waals surface area contributed by atoms with Gasteiger partial charge in [0.15, 0.2) is 0 Å². The standard InChI is InChI=1S/C17H29N3O/c1-6-13(4)18-17(21)14(5)19-15-9-11-16(12-10-15)20(7-2)8-3/h9-14,19H,6-8H2,1-5H3,(H,18,21). The zero-order valence-electron chi connectivity index (χ0n) is 13.9. The van der Waals surface area contributed by atoms with Gasteiger partial charge in [-0.05, 0) is 58.4 Å². The second-order valence-corrected chi connectivity index (χ2v) is 5.40. The van der Waals surface area contributed by atoms with Crippen LogP contribution in [0.25, 0.3) is 0 Å². The predicted molar refractivity (Wildman–Crippen MR) is 91.0 cm³/mol. The topological polar surface area (TPSA) is 44.4 Å². The summed E-state index contributed by atoms with van der Waals surface area (Å²) in [5, 5.41) is 6.23. The summed E-state index contributed by atoms with van der Waals surface area (Å²) in [6.45, 7) is 12.3. The Kier molecular flexibility index (Phi) is 7.06. The lowest BCUT2D eigenvalue weighted by Crippen LogP contribution is -2.41. The smallest absolute Gasteiger partial charge is 0.242 e. The van der Waals surface area contributed by atoms with Gasteiger partial charge in [0.1, 0.15) is 6.04 Å². The van der Waals surface area contributed by atoms with Gasteiger partial charge in [-0.3, -0.25) is 4.79 Å². The van der Waals surface area contributed by atoms with E-state index in [1.54, 1.807) is 0 Å². The molecule has 4 nitrogen and oxygen atoms in total. The average Bonchev–Trinajstić information content (AvgIpc) is 2.49. The second kappa shape index (κ2) is 8.55. The highest BCUT2D eigenvalue weighted by molar-refractivity contribution is 5.84.